The molecule has 5 rings (SSSR count). The van der Waals surface area contributed by atoms with Crippen LogP contribution in [0.15, 0.2) is 51.0 Å². The van der Waals surface area contributed by atoms with E-state index >= 15 is 0 Å². The Hall–Kier alpha value is -3.65. The van der Waals surface area contributed by atoms with E-state index in [1.807, 2.05) is 38.3 Å². The second kappa shape index (κ2) is 8.04. The standard InChI is InChI=1S/C25H22N2O5S/c1-5-31-18-9-7-15(11-19(18)30-4)21-20-22(28)16-10-13(2)6-8-17(16)32-23(20)24(29)27(21)25-26-14(3)12-33-25/h6-12,21H,5H2,1-4H3/t21-/m1/s1. The summed E-state index contributed by atoms with van der Waals surface area (Å²) >= 11 is 1.35. The number of fused-ring (bicyclic) bond motifs is 2. The van der Waals surface area contributed by atoms with Crippen LogP contribution in [0.1, 0.15) is 45.9 Å². The van der Waals surface area contributed by atoms with Crippen LogP contribution >= 0.6 is 11.3 Å². The maximum Gasteiger partial charge on any atom is 0.297 e. The Morgan fingerprint density at radius 2 is 1.94 bits per heavy atom. The number of hydrogen-bond acceptors (Lipinski definition) is 7. The summed E-state index contributed by atoms with van der Waals surface area (Å²) < 4.78 is 17.2. The van der Waals surface area contributed by atoms with E-state index in [9.17, 15) is 9.59 Å². The lowest BCUT2D eigenvalue weighted by Crippen LogP contribution is -2.29. The van der Waals surface area contributed by atoms with Crippen molar-refractivity contribution < 1.29 is 18.7 Å². The molecule has 0 fully saturated rings. The Morgan fingerprint density at radius 3 is 2.64 bits per heavy atom. The van der Waals surface area contributed by atoms with Gasteiger partial charge in [0.05, 0.1) is 36.4 Å². The molecule has 2 aromatic carbocycles. The number of ether oxygens (including phenoxy) is 2. The number of methoxy groups -OCH3 is 1. The molecule has 0 aliphatic carbocycles. The fraction of sp³-hybridized carbons (Fsp3) is 0.240. The van der Waals surface area contributed by atoms with Gasteiger partial charge in [0.25, 0.3) is 5.91 Å². The third-order valence-corrected chi connectivity index (χ3v) is 6.60. The molecule has 3 heterocycles. The second-order valence-electron chi connectivity index (χ2n) is 7.87. The Balaban J connectivity index is 1.79. The van der Waals surface area contributed by atoms with Gasteiger partial charge in [-0.1, -0.05) is 17.7 Å². The molecule has 1 amide bonds. The van der Waals surface area contributed by atoms with E-state index in [-0.39, 0.29) is 11.2 Å². The molecular formula is C25H22N2O5S. The van der Waals surface area contributed by atoms with Crippen molar-refractivity contribution in [2.45, 2.75) is 26.8 Å². The normalized spacial score (nSPS) is 15.2. The maximum atomic E-state index is 13.7. The zero-order chi connectivity index (χ0) is 23.3. The number of anilines is 1. The van der Waals surface area contributed by atoms with Gasteiger partial charge in [-0.05, 0) is 50.6 Å². The fourth-order valence-electron chi connectivity index (χ4n) is 4.18. The molecule has 1 aliphatic heterocycles. The van der Waals surface area contributed by atoms with Gasteiger partial charge in [0, 0.05) is 5.38 Å². The Bertz CT molecular complexity index is 1460. The highest BCUT2D eigenvalue weighted by molar-refractivity contribution is 7.14. The lowest BCUT2D eigenvalue weighted by molar-refractivity contribution is 0.0971. The smallest absolute Gasteiger partial charge is 0.297 e. The molecule has 1 atom stereocenters. The number of benzene rings is 2. The van der Waals surface area contributed by atoms with E-state index in [2.05, 4.69) is 4.98 Å². The largest absolute Gasteiger partial charge is 0.493 e. The van der Waals surface area contributed by atoms with E-state index in [0.29, 0.717) is 45.3 Å². The van der Waals surface area contributed by atoms with Gasteiger partial charge < -0.3 is 13.9 Å². The molecule has 8 heteroatoms. The van der Waals surface area contributed by atoms with Crippen molar-refractivity contribution in [1.82, 2.24) is 4.98 Å². The summed E-state index contributed by atoms with van der Waals surface area (Å²) in [4.78, 5) is 33.3. The SMILES string of the molecule is CCOc1ccc([C@@H]2c3c(oc4ccc(C)cc4c3=O)C(=O)N2c2nc(C)cs2)cc1OC. The second-order valence-corrected chi connectivity index (χ2v) is 8.70. The molecule has 4 aromatic rings. The molecule has 0 N–H and O–H groups in total. The average molecular weight is 463 g/mol. The van der Waals surface area contributed by atoms with Gasteiger partial charge in [0.2, 0.25) is 5.76 Å². The summed E-state index contributed by atoms with van der Waals surface area (Å²) in [6, 6.07) is 10.1. The van der Waals surface area contributed by atoms with Crippen LogP contribution in [0.3, 0.4) is 0 Å². The molecule has 33 heavy (non-hydrogen) atoms. The fourth-order valence-corrected chi connectivity index (χ4v) is 5.01. The predicted octanol–water partition coefficient (Wildman–Crippen LogP) is 5.02. The first kappa shape index (κ1) is 21.2. The first-order valence-electron chi connectivity index (χ1n) is 10.6. The first-order chi connectivity index (χ1) is 15.9. The average Bonchev–Trinajstić information content (AvgIpc) is 3.36. The number of carbonyl (C=O) groups is 1. The number of amides is 1. The van der Waals surface area contributed by atoms with Crippen LogP contribution in [0.4, 0.5) is 5.13 Å². The minimum Gasteiger partial charge on any atom is -0.493 e. The Morgan fingerprint density at radius 1 is 1.12 bits per heavy atom. The van der Waals surface area contributed by atoms with Gasteiger partial charge in [-0.3, -0.25) is 14.5 Å². The van der Waals surface area contributed by atoms with Crippen LogP contribution in [-0.2, 0) is 0 Å². The van der Waals surface area contributed by atoms with E-state index in [0.717, 1.165) is 11.3 Å². The van der Waals surface area contributed by atoms with Crippen LogP contribution in [0, 0.1) is 13.8 Å². The third kappa shape index (κ3) is 3.38. The molecule has 0 saturated carbocycles. The quantitative estimate of drug-likeness (QED) is 0.414. The van der Waals surface area contributed by atoms with Gasteiger partial charge in [-0.2, -0.15) is 0 Å². The summed E-state index contributed by atoms with van der Waals surface area (Å²) in [5.41, 5.74) is 2.90. The number of hydrogen-bond donors (Lipinski definition) is 0. The zero-order valence-electron chi connectivity index (χ0n) is 18.7. The van der Waals surface area contributed by atoms with Crippen LogP contribution < -0.4 is 19.8 Å². The van der Waals surface area contributed by atoms with Crippen molar-refractivity contribution in [3.05, 3.63) is 80.1 Å². The lowest BCUT2D eigenvalue weighted by atomic mass is 9.98. The molecule has 0 spiro atoms. The van der Waals surface area contributed by atoms with Crippen LogP contribution in [0.25, 0.3) is 11.0 Å². The number of nitrogens with zero attached hydrogens (tertiary/aromatic N) is 2. The topological polar surface area (TPSA) is 81.9 Å². The number of aromatic nitrogens is 1. The van der Waals surface area contributed by atoms with Gasteiger partial charge >= 0.3 is 0 Å². The van der Waals surface area contributed by atoms with Gasteiger partial charge in [-0.15, -0.1) is 11.3 Å². The molecule has 0 radical (unpaired) electrons. The highest BCUT2D eigenvalue weighted by atomic mass is 32.1. The van der Waals surface area contributed by atoms with Crippen molar-refractivity contribution in [2.75, 3.05) is 18.6 Å². The van der Waals surface area contributed by atoms with Gasteiger partial charge in [0.15, 0.2) is 22.1 Å². The molecule has 0 saturated heterocycles. The monoisotopic (exact) mass is 462 g/mol. The van der Waals surface area contributed by atoms with Crippen molar-refractivity contribution in [2.24, 2.45) is 0 Å². The van der Waals surface area contributed by atoms with Gasteiger partial charge in [-0.25, -0.2) is 4.98 Å². The minimum atomic E-state index is -0.705. The number of carbonyl (C=O) groups excluding carboxylic acids is 1. The summed E-state index contributed by atoms with van der Waals surface area (Å²) in [6.07, 6.45) is 0. The van der Waals surface area contributed by atoms with Crippen molar-refractivity contribution >= 4 is 33.3 Å². The summed E-state index contributed by atoms with van der Waals surface area (Å²) in [7, 11) is 1.56. The highest BCUT2D eigenvalue weighted by Crippen LogP contribution is 2.44. The predicted molar refractivity (Wildman–Crippen MR) is 127 cm³/mol. The third-order valence-electron chi connectivity index (χ3n) is 5.64. The zero-order valence-corrected chi connectivity index (χ0v) is 19.5. The Kier molecular flexibility index (Phi) is 5.17. The minimum absolute atomic E-state index is 0.0436. The van der Waals surface area contributed by atoms with Crippen LogP contribution in [-0.4, -0.2) is 24.6 Å². The number of aryl methyl sites for hydroxylation is 2. The van der Waals surface area contributed by atoms with E-state index in [4.69, 9.17) is 13.9 Å². The molecule has 7 nitrogen and oxygen atoms in total. The van der Waals surface area contributed by atoms with E-state index in [1.165, 1.54) is 16.2 Å². The molecule has 0 bridgehead atoms. The summed E-state index contributed by atoms with van der Waals surface area (Å²) in [6.45, 7) is 6.16. The molecule has 0 unspecified atom stereocenters. The van der Waals surface area contributed by atoms with E-state index in [1.54, 1.807) is 31.4 Å². The highest BCUT2D eigenvalue weighted by Gasteiger charge is 2.45. The molecule has 2 aromatic heterocycles. The molecule has 1 aliphatic rings. The van der Waals surface area contributed by atoms with Crippen molar-refractivity contribution in [1.29, 1.82) is 0 Å². The maximum absolute atomic E-state index is 13.7. The summed E-state index contributed by atoms with van der Waals surface area (Å²) in [5, 5.41) is 2.82. The van der Waals surface area contributed by atoms with Crippen LogP contribution in [0.5, 0.6) is 11.5 Å². The number of thiazole rings is 1. The first-order valence-corrected chi connectivity index (χ1v) is 11.4. The molecular weight excluding hydrogens is 440 g/mol. The lowest BCUT2D eigenvalue weighted by Gasteiger charge is -2.23. The molecule has 168 valence electrons. The Labute approximate surface area is 194 Å². The van der Waals surface area contributed by atoms with Crippen molar-refractivity contribution in [3.63, 3.8) is 0 Å². The van der Waals surface area contributed by atoms with E-state index < -0.39 is 11.9 Å². The number of rotatable bonds is 5. The summed E-state index contributed by atoms with van der Waals surface area (Å²) in [5.74, 6) is 0.761. The van der Waals surface area contributed by atoms with Crippen LogP contribution in [0.2, 0.25) is 0 Å². The van der Waals surface area contributed by atoms with Crippen molar-refractivity contribution in [3.8, 4) is 11.5 Å². The van der Waals surface area contributed by atoms with Gasteiger partial charge in [0.1, 0.15) is 5.58 Å².